The van der Waals surface area contributed by atoms with Gasteiger partial charge in [0.2, 0.25) is 5.91 Å². The Morgan fingerprint density at radius 2 is 2.05 bits per heavy atom. The monoisotopic (exact) mass is 257 g/mol. The van der Waals surface area contributed by atoms with Crippen molar-refractivity contribution in [3.8, 4) is 0 Å². The number of aromatic nitrogens is 2. The molecule has 4 heteroatoms. The maximum atomic E-state index is 12.0. The van der Waals surface area contributed by atoms with Crippen molar-refractivity contribution in [2.24, 2.45) is 7.05 Å². The van der Waals surface area contributed by atoms with Crippen LogP contribution < -0.4 is 5.32 Å². The van der Waals surface area contributed by atoms with E-state index >= 15 is 0 Å². The molecule has 0 aliphatic carbocycles. The van der Waals surface area contributed by atoms with E-state index in [-0.39, 0.29) is 11.8 Å². The van der Waals surface area contributed by atoms with Crippen LogP contribution in [0.15, 0.2) is 36.4 Å². The Kier molecular flexibility index (Phi) is 4.00. The molecule has 0 spiro atoms. The molecular weight excluding hydrogens is 238 g/mol. The minimum Gasteiger partial charge on any atom is -0.311 e. The maximum absolute atomic E-state index is 12.0. The first-order chi connectivity index (χ1) is 9.06. The molecular formula is C15H19N3O. The van der Waals surface area contributed by atoms with Gasteiger partial charge < -0.3 is 5.32 Å². The Hall–Kier alpha value is -2.10. The molecule has 0 aliphatic rings. The molecule has 2 rings (SSSR count). The molecule has 1 amide bonds. The van der Waals surface area contributed by atoms with Crippen molar-refractivity contribution in [3.63, 3.8) is 0 Å². The zero-order chi connectivity index (χ0) is 13.8. The summed E-state index contributed by atoms with van der Waals surface area (Å²) in [6.07, 6.45) is 0.467. The van der Waals surface area contributed by atoms with Crippen LogP contribution in [0.3, 0.4) is 0 Å². The molecule has 0 radical (unpaired) electrons. The normalized spacial score (nSPS) is 12.2. The summed E-state index contributed by atoms with van der Waals surface area (Å²) in [4.78, 5) is 12.0. The van der Waals surface area contributed by atoms with Gasteiger partial charge in [-0.1, -0.05) is 37.3 Å². The van der Waals surface area contributed by atoms with E-state index in [9.17, 15) is 4.79 Å². The Bertz CT molecular complexity index is 560. The zero-order valence-electron chi connectivity index (χ0n) is 11.6. The van der Waals surface area contributed by atoms with Gasteiger partial charge in [-0.2, -0.15) is 5.10 Å². The number of nitrogens with zero attached hydrogens (tertiary/aromatic N) is 2. The van der Waals surface area contributed by atoms with Crippen LogP contribution in [-0.2, 0) is 11.8 Å². The smallest absolute Gasteiger partial charge is 0.226 e. The van der Waals surface area contributed by atoms with Gasteiger partial charge in [0.15, 0.2) is 0 Å². The van der Waals surface area contributed by atoms with Gasteiger partial charge in [-0.3, -0.25) is 9.48 Å². The summed E-state index contributed by atoms with van der Waals surface area (Å²) >= 11 is 0. The number of rotatable bonds is 4. The molecule has 0 fully saturated rings. The SMILES string of the molecule is Cc1cc(NC(=O)CC(C)c2ccccc2)n(C)n1. The topological polar surface area (TPSA) is 46.9 Å². The van der Waals surface area contributed by atoms with Crippen molar-refractivity contribution in [3.05, 3.63) is 47.7 Å². The standard InChI is InChI=1S/C15H19N3O/c1-11(13-7-5-4-6-8-13)9-15(19)16-14-10-12(2)17-18(14)3/h4-8,10-11H,9H2,1-3H3,(H,16,19). The molecule has 2 aromatic rings. The van der Waals surface area contributed by atoms with Gasteiger partial charge in [0.1, 0.15) is 5.82 Å². The van der Waals surface area contributed by atoms with Crippen LogP contribution in [0.1, 0.15) is 30.5 Å². The molecule has 1 aromatic heterocycles. The van der Waals surface area contributed by atoms with Crippen LogP contribution in [0.5, 0.6) is 0 Å². The highest BCUT2D eigenvalue weighted by Gasteiger charge is 2.12. The second kappa shape index (κ2) is 5.69. The molecule has 4 nitrogen and oxygen atoms in total. The average Bonchev–Trinajstić information content (AvgIpc) is 2.68. The third kappa shape index (κ3) is 3.44. The van der Waals surface area contributed by atoms with Crippen LogP contribution in [0.4, 0.5) is 5.82 Å². The highest BCUT2D eigenvalue weighted by molar-refractivity contribution is 5.90. The first-order valence-corrected chi connectivity index (χ1v) is 6.41. The Morgan fingerprint density at radius 3 is 2.63 bits per heavy atom. The lowest BCUT2D eigenvalue weighted by atomic mass is 9.98. The number of hydrogen-bond donors (Lipinski definition) is 1. The molecule has 1 aromatic carbocycles. The summed E-state index contributed by atoms with van der Waals surface area (Å²) in [5.74, 6) is 0.956. The maximum Gasteiger partial charge on any atom is 0.226 e. The molecule has 19 heavy (non-hydrogen) atoms. The molecule has 1 heterocycles. The molecule has 1 N–H and O–H groups in total. The minimum absolute atomic E-state index is 0.0133. The lowest BCUT2D eigenvalue weighted by Crippen LogP contribution is -2.16. The summed E-state index contributed by atoms with van der Waals surface area (Å²) in [6.45, 7) is 3.96. The molecule has 0 saturated carbocycles. The fraction of sp³-hybridized carbons (Fsp3) is 0.333. The van der Waals surface area contributed by atoms with E-state index in [2.05, 4.69) is 17.3 Å². The van der Waals surface area contributed by atoms with Crippen molar-refractivity contribution >= 4 is 11.7 Å². The summed E-state index contributed by atoms with van der Waals surface area (Å²) in [7, 11) is 1.82. The molecule has 0 aliphatic heterocycles. The average molecular weight is 257 g/mol. The Morgan fingerprint density at radius 1 is 1.37 bits per heavy atom. The van der Waals surface area contributed by atoms with Crippen LogP contribution in [-0.4, -0.2) is 15.7 Å². The first kappa shape index (κ1) is 13.3. The van der Waals surface area contributed by atoms with Gasteiger partial charge in [0.25, 0.3) is 0 Å². The predicted octanol–water partition coefficient (Wildman–Crippen LogP) is 2.86. The van der Waals surface area contributed by atoms with E-state index in [1.54, 1.807) is 4.68 Å². The third-order valence-electron chi connectivity index (χ3n) is 3.13. The number of carbonyl (C=O) groups excluding carboxylic acids is 1. The lowest BCUT2D eigenvalue weighted by molar-refractivity contribution is -0.116. The number of carbonyl (C=O) groups is 1. The summed E-state index contributed by atoms with van der Waals surface area (Å²) < 4.78 is 1.68. The number of nitrogens with one attached hydrogen (secondary N) is 1. The molecule has 100 valence electrons. The van der Waals surface area contributed by atoms with Crippen molar-refractivity contribution in [1.29, 1.82) is 0 Å². The van der Waals surface area contributed by atoms with Gasteiger partial charge in [0.05, 0.1) is 5.69 Å². The van der Waals surface area contributed by atoms with Gasteiger partial charge in [-0.15, -0.1) is 0 Å². The van der Waals surface area contributed by atoms with E-state index in [0.717, 1.165) is 11.5 Å². The van der Waals surface area contributed by atoms with Gasteiger partial charge in [-0.05, 0) is 18.4 Å². The lowest BCUT2D eigenvalue weighted by Gasteiger charge is -2.11. The van der Waals surface area contributed by atoms with E-state index in [4.69, 9.17) is 0 Å². The molecule has 0 saturated heterocycles. The van der Waals surface area contributed by atoms with E-state index < -0.39 is 0 Å². The van der Waals surface area contributed by atoms with Gasteiger partial charge in [-0.25, -0.2) is 0 Å². The number of amides is 1. The van der Waals surface area contributed by atoms with Crippen molar-refractivity contribution in [1.82, 2.24) is 9.78 Å². The van der Waals surface area contributed by atoms with E-state index in [1.165, 1.54) is 5.56 Å². The second-order valence-electron chi connectivity index (χ2n) is 4.86. The van der Waals surface area contributed by atoms with Crippen LogP contribution in [0, 0.1) is 6.92 Å². The number of aryl methyl sites for hydroxylation is 2. The van der Waals surface area contributed by atoms with Gasteiger partial charge >= 0.3 is 0 Å². The fourth-order valence-electron chi connectivity index (χ4n) is 2.10. The van der Waals surface area contributed by atoms with Crippen molar-refractivity contribution in [2.45, 2.75) is 26.2 Å². The van der Waals surface area contributed by atoms with Crippen LogP contribution in [0.25, 0.3) is 0 Å². The summed E-state index contributed by atoms with van der Waals surface area (Å²) in [5, 5.41) is 7.10. The number of benzene rings is 1. The zero-order valence-corrected chi connectivity index (χ0v) is 11.6. The van der Waals surface area contributed by atoms with Crippen LogP contribution in [0.2, 0.25) is 0 Å². The quantitative estimate of drug-likeness (QED) is 0.915. The highest BCUT2D eigenvalue weighted by atomic mass is 16.1. The number of hydrogen-bond acceptors (Lipinski definition) is 2. The molecule has 0 bridgehead atoms. The van der Waals surface area contributed by atoms with Crippen molar-refractivity contribution in [2.75, 3.05) is 5.32 Å². The van der Waals surface area contributed by atoms with E-state index in [0.29, 0.717) is 6.42 Å². The fourth-order valence-corrected chi connectivity index (χ4v) is 2.10. The van der Waals surface area contributed by atoms with E-state index in [1.807, 2.05) is 50.4 Å². The third-order valence-corrected chi connectivity index (χ3v) is 3.13. The Balaban J connectivity index is 1.96. The highest BCUT2D eigenvalue weighted by Crippen LogP contribution is 2.19. The summed E-state index contributed by atoms with van der Waals surface area (Å²) in [6, 6.07) is 11.9. The Labute approximate surface area is 113 Å². The van der Waals surface area contributed by atoms with Gasteiger partial charge in [0, 0.05) is 19.5 Å². The molecule has 1 atom stereocenters. The van der Waals surface area contributed by atoms with Crippen LogP contribution >= 0.6 is 0 Å². The minimum atomic E-state index is 0.0133. The van der Waals surface area contributed by atoms with Crippen molar-refractivity contribution < 1.29 is 4.79 Å². The molecule has 1 unspecified atom stereocenters. The number of anilines is 1. The first-order valence-electron chi connectivity index (χ1n) is 6.41. The summed E-state index contributed by atoms with van der Waals surface area (Å²) in [5.41, 5.74) is 2.08. The second-order valence-corrected chi connectivity index (χ2v) is 4.86. The largest absolute Gasteiger partial charge is 0.311 e. The predicted molar refractivity (Wildman–Crippen MR) is 76.0 cm³/mol.